The monoisotopic (exact) mass is 220 g/mol. The molecule has 0 aromatic carbocycles. The van der Waals surface area contributed by atoms with Crippen LogP contribution in [0.15, 0.2) is 11.2 Å². The number of hydrogen-bond acceptors (Lipinski definition) is 4. The van der Waals surface area contributed by atoms with E-state index in [4.69, 9.17) is 16.3 Å². The molecule has 1 aromatic rings. The molecule has 70 valence electrons. The second kappa shape index (κ2) is 3.77. The van der Waals surface area contributed by atoms with E-state index in [1.807, 2.05) is 0 Å². The van der Waals surface area contributed by atoms with Crippen LogP contribution in [0, 0.1) is 5.82 Å². The summed E-state index contributed by atoms with van der Waals surface area (Å²) in [5, 5.41) is 0.665. The zero-order valence-electron chi connectivity index (χ0n) is 6.54. The van der Waals surface area contributed by atoms with E-state index in [2.05, 4.69) is 9.97 Å². The molecule has 2 heterocycles. The first kappa shape index (κ1) is 9.18. The van der Waals surface area contributed by atoms with Crippen LogP contribution in [0.3, 0.4) is 0 Å². The molecule has 0 N–H and O–H groups in total. The normalized spacial score (nSPS) is 17.1. The lowest BCUT2D eigenvalue weighted by atomic mass is 10.4. The van der Waals surface area contributed by atoms with E-state index >= 15 is 0 Å². The number of hydrogen-bond donors (Lipinski definition) is 0. The van der Waals surface area contributed by atoms with E-state index in [0.29, 0.717) is 23.5 Å². The molecule has 0 spiro atoms. The van der Waals surface area contributed by atoms with Crippen molar-refractivity contribution >= 4 is 23.4 Å². The maximum Gasteiger partial charge on any atom is 0.223 e. The van der Waals surface area contributed by atoms with Crippen molar-refractivity contribution < 1.29 is 9.13 Å². The quantitative estimate of drug-likeness (QED) is 0.562. The zero-order chi connectivity index (χ0) is 9.26. The molecule has 1 saturated heterocycles. The maximum absolute atomic E-state index is 13.0. The highest BCUT2D eigenvalue weighted by atomic mass is 35.5. The molecular formula is C7H6ClFN2OS. The summed E-state index contributed by atoms with van der Waals surface area (Å²) in [6, 6.07) is 0. The summed E-state index contributed by atoms with van der Waals surface area (Å²) in [6.45, 7) is 1.29. The molecule has 0 bridgehead atoms. The first-order valence-electron chi connectivity index (χ1n) is 3.68. The molecule has 0 atom stereocenters. The van der Waals surface area contributed by atoms with Crippen LogP contribution >= 0.6 is 23.4 Å². The molecule has 1 aliphatic heterocycles. The number of thioether (sulfide) groups is 1. The van der Waals surface area contributed by atoms with E-state index in [0.717, 1.165) is 6.20 Å². The second-order valence-corrected chi connectivity index (χ2v) is 4.20. The molecule has 0 amide bonds. The average Bonchev–Trinajstić information content (AvgIpc) is 2.03. The van der Waals surface area contributed by atoms with Crippen LogP contribution < -0.4 is 0 Å². The molecule has 1 fully saturated rings. The smallest absolute Gasteiger partial charge is 0.223 e. The zero-order valence-corrected chi connectivity index (χ0v) is 8.11. The Morgan fingerprint density at radius 3 is 3.00 bits per heavy atom. The second-order valence-electron chi connectivity index (χ2n) is 2.57. The van der Waals surface area contributed by atoms with Crippen molar-refractivity contribution in [2.45, 2.75) is 10.3 Å². The lowest BCUT2D eigenvalue weighted by Gasteiger charge is -2.24. The fraction of sp³-hybridized carbons (Fsp3) is 0.429. The number of aromatic nitrogens is 2. The summed E-state index contributed by atoms with van der Waals surface area (Å²) in [5.74, 6) is -0.429. The first-order valence-corrected chi connectivity index (χ1v) is 4.94. The summed E-state index contributed by atoms with van der Waals surface area (Å²) in [5.41, 5.74) is 0. The van der Waals surface area contributed by atoms with E-state index in [1.54, 1.807) is 0 Å². The van der Waals surface area contributed by atoms with Crippen LogP contribution in [0.25, 0.3) is 0 Å². The van der Waals surface area contributed by atoms with Gasteiger partial charge in [-0.1, -0.05) is 11.8 Å². The van der Waals surface area contributed by atoms with Crippen molar-refractivity contribution in [3.05, 3.63) is 17.3 Å². The Bertz CT molecular complexity index is 321. The predicted molar refractivity (Wildman–Crippen MR) is 47.5 cm³/mol. The Kier molecular flexibility index (Phi) is 2.66. The number of halogens is 2. The van der Waals surface area contributed by atoms with Crippen molar-refractivity contribution in [2.75, 3.05) is 13.2 Å². The van der Waals surface area contributed by atoms with Gasteiger partial charge >= 0.3 is 0 Å². The summed E-state index contributed by atoms with van der Waals surface area (Å²) in [6.07, 6.45) is 1.08. The van der Waals surface area contributed by atoms with Gasteiger partial charge in [0.2, 0.25) is 5.28 Å². The fourth-order valence-corrected chi connectivity index (χ4v) is 1.99. The van der Waals surface area contributed by atoms with Gasteiger partial charge in [0, 0.05) is 0 Å². The van der Waals surface area contributed by atoms with E-state index < -0.39 is 5.82 Å². The Hall–Kier alpha value is -0.390. The van der Waals surface area contributed by atoms with Crippen LogP contribution in [0.1, 0.15) is 0 Å². The Morgan fingerprint density at radius 1 is 1.62 bits per heavy atom. The van der Waals surface area contributed by atoms with Gasteiger partial charge in [0.15, 0.2) is 5.82 Å². The Morgan fingerprint density at radius 2 is 2.38 bits per heavy atom. The first-order chi connectivity index (χ1) is 6.25. The topological polar surface area (TPSA) is 35.0 Å². The van der Waals surface area contributed by atoms with Crippen molar-refractivity contribution in [3.8, 4) is 0 Å². The molecule has 1 aromatic heterocycles. The van der Waals surface area contributed by atoms with E-state index in [9.17, 15) is 4.39 Å². The van der Waals surface area contributed by atoms with Crippen molar-refractivity contribution in [3.63, 3.8) is 0 Å². The van der Waals surface area contributed by atoms with Gasteiger partial charge < -0.3 is 4.74 Å². The minimum atomic E-state index is -0.429. The molecule has 0 unspecified atom stereocenters. The van der Waals surface area contributed by atoms with Gasteiger partial charge in [-0.3, -0.25) is 0 Å². The van der Waals surface area contributed by atoms with Crippen molar-refractivity contribution in [2.24, 2.45) is 0 Å². The highest BCUT2D eigenvalue weighted by Crippen LogP contribution is 2.28. The largest absolute Gasteiger partial charge is 0.379 e. The van der Waals surface area contributed by atoms with Crippen molar-refractivity contribution in [1.29, 1.82) is 0 Å². The van der Waals surface area contributed by atoms with Gasteiger partial charge in [-0.2, -0.15) is 0 Å². The van der Waals surface area contributed by atoms with Gasteiger partial charge in [0.05, 0.1) is 24.7 Å². The molecule has 1 aliphatic rings. The molecular weight excluding hydrogens is 215 g/mol. The van der Waals surface area contributed by atoms with Gasteiger partial charge in [0.1, 0.15) is 5.03 Å². The predicted octanol–water partition coefficient (Wildman–Crippen LogP) is 1.76. The lowest BCUT2D eigenvalue weighted by Crippen LogP contribution is -2.30. The minimum absolute atomic E-state index is 0.0733. The number of rotatable bonds is 2. The third-order valence-corrected chi connectivity index (χ3v) is 2.87. The van der Waals surface area contributed by atoms with Crippen LogP contribution in [-0.2, 0) is 4.74 Å². The van der Waals surface area contributed by atoms with Crippen LogP contribution in [0.5, 0.6) is 0 Å². The van der Waals surface area contributed by atoms with Gasteiger partial charge in [0.25, 0.3) is 0 Å². The van der Waals surface area contributed by atoms with Crippen LogP contribution in [0.2, 0.25) is 5.28 Å². The minimum Gasteiger partial charge on any atom is -0.379 e. The maximum atomic E-state index is 13.0. The SMILES string of the molecule is Fc1cnc(Cl)nc1SC1COC1. The molecule has 0 saturated carbocycles. The Balaban J connectivity index is 2.13. The molecule has 2 rings (SSSR count). The standard InChI is InChI=1S/C7H6ClFN2OS/c8-7-10-1-5(9)6(11-7)13-4-2-12-3-4/h1,4H,2-3H2. The molecule has 13 heavy (non-hydrogen) atoms. The molecule has 6 heteroatoms. The summed E-state index contributed by atoms with van der Waals surface area (Å²) in [7, 11) is 0. The molecule has 0 radical (unpaired) electrons. The summed E-state index contributed by atoms with van der Waals surface area (Å²) < 4.78 is 18.0. The third-order valence-electron chi connectivity index (χ3n) is 1.57. The number of nitrogens with zero attached hydrogens (tertiary/aromatic N) is 2. The third kappa shape index (κ3) is 2.10. The molecule has 3 nitrogen and oxygen atoms in total. The average molecular weight is 221 g/mol. The van der Waals surface area contributed by atoms with Crippen LogP contribution in [0.4, 0.5) is 4.39 Å². The highest BCUT2D eigenvalue weighted by Gasteiger charge is 2.22. The van der Waals surface area contributed by atoms with Crippen molar-refractivity contribution in [1.82, 2.24) is 9.97 Å². The Labute approximate surface area is 83.7 Å². The molecule has 0 aliphatic carbocycles. The fourth-order valence-electron chi connectivity index (χ4n) is 0.854. The highest BCUT2D eigenvalue weighted by molar-refractivity contribution is 8.00. The van der Waals surface area contributed by atoms with Crippen LogP contribution in [-0.4, -0.2) is 28.4 Å². The lowest BCUT2D eigenvalue weighted by molar-refractivity contribution is 0.0454. The van der Waals surface area contributed by atoms with Gasteiger partial charge in [-0.05, 0) is 11.6 Å². The summed E-state index contributed by atoms with van der Waals surface area (Å²) >= 11 is 6.86. The number of ether oxygens (including phenoxy) is 1. The summed E-state index contributed by atoms with van der Waals surface area (Å²) in [4.78, 5) is 7.31. The van der Waals surface area contributed by atoms with Gasteiger partial charge in [-0.25, -0.2) is 14.4 Å². The van der Waals surface area contributed by atoms with E-state index in [-0.39, 0.29) is 5.28 Å². The van der Waals surface area contributed by atoms with Gasteiger partial charge in [-0.15, -0.1) is 0 Å². The van der Waals surface area contributed by atoms with E-state index in [1.165, 1.54) is 11.8 Å².